The zero-order chi connectivity index (χ0) is 13.1. The van der Waals surface area contributed by atoms with Crippen molar-refractivity contribution in [3.63, 3.8) is 0 Å². The summed E-state index contributed by atoms with van der Waals surface area (Å²) in [7, 11) is 0. The Morgan fingerprint density at radius 1 is 1.18 bits per heavy atom. The molecule has 0 aliphatic heterocycles. The second-order valence-corrected chi connectivity index (χ2v) is 5.10. The number of hydrogen-bond donors (Lipinski definition) is 2. The van der Waals surface area contributed by atoms with Crippen molar-refractivity contribution >= 4 is 5.96 Å². The normalized spacial score (nSPS) is 12.6. The maximum atomic E-state index is 5.47. The highest BCUT2D eigenvalue weighted by Crippen LogP contribution is 1.97. The molecular weight excluding hydrogens is 214 g/mol. The highest BCUT2D eigenvalue weighted by molar-refractivity contribution is 5.80. The summed E-state index contributed by atoms with van der Waals surface area (Å²) in [5, 5.41) is 6.57. The van der Waals surface area contributed by atoms with E-state index in [0.717, 1.165) is 25.5 Å². The largest absolute Gasteiger partial charge is 0.380 e. The highest BCUT2D eigenvalue weighted by Gasteiger charge is 2.11. The number of aliphatic imine (C=N–C) groups is 1. The molecule has 0 amide bonds. The molecule has 0 saturated heterocycles. The Bertz CT molecular complexity index is 209. The van der Waals surface area contributed by atoms with Crippen molar-refractivity contribution in [1.29, 1.82) is 0 Å². The fourth-order valence-corrected chi connectivity index (χ4v) is 1.23. The van der Waals surface area contributed by atoms with Crippen molar-refractivity contribution in [3.8, 4) is 0 Å². The highest BCUT2D eigenvalue weighted by atomic mass is 16.5. The average molecular weight is 243 g/mol. The second-order valence-electron chi connectivity index (χ2n) is 5.10. The Morgan fingerprint density at radius 2 is 1.88 bits per heavy atom. The number of rotatable bonds is 7. The first kappa shape index (κ1) is 16.2. The molecule has 0 saturated carbocycles. The molecule has 0 heterocycles. The van der Waals surface area contributed by atoms with E-state index in [1.54, 1.807) is 0 Å². The topological polar surface area (TPSA) is 45.6 Å². The van der Waals surface area contributed by atoms with Crippen LogP contribution in [0.1, 0.15) is 47.5 Å². The third-order valence-corrected chi connectivity index (χ3v) is 1.99. The predicted octanol–water partition coefficient (Wildman–Crippen LogP) is 2.16. The number of hydrogen-bond acceptors (Lipinski definition) is 2. The second kappa shape index (κ2) is 9.28. The monoisotopic (exact) mass is 243 g/mol. The maximum Gasteiger partial charge on any atom is 0.191 e. The smallest absolute Gasteiger partial charge is 0.191 e. The summed E-state index contributed by atoms with van der Waals surface area (Å²) in [6, 6.07) is 0. The Hall–Kier alpha value is -0.770. The van der Waals surface area contributed by atoms with Gasteiger partial charge in [0.15, 0.2) is 5.96 Å². The van der Waals surface area contributed by atoms with Gasteiger partial charge in [-0.1, -0.05) is 13.3 Å². The van der Waals surface area contributed by atoms with Gasteiger partial charge in [0.05, 0.1) is 13.2 Å². The van der Waals surface area contributed by atoms with Crippen LogP contribution in [0.15, 0.2) is 4.99 Å². The number of guanidine groups is 1. The molecule has 0 bridgehead atoms. The first-order chi connectivity index (χ1) is 7.99. The third kappa shape index (κ3) is 11.5. The number of ether oxygens (including phenoxy) is 1. The summed E-state index contributed by atoms with van der Waals surface area (Å²) in [6.07, 6.45) is 2.31. The molecule has 0 atom stereocenters. The van der Waals surface area contributed by atoms with Gasteiger partial charge in [-0.05, 0) is 34.1 Å². The number of nitrogens with zero attached hydrogens (tertiary/aromatic N) is 1. The standard InChI is InChI=1S/C13H29N3O/c1-6-8-10-17-11-9-15-12(14-7-2)16-13(3,4)5/h6-11H2,1-5H3,(H2,14,15,16). The lowest BCUT2D eigenvalue weighted by molar-refractivity contribution is 0.138. The van der Waals surface area contributed by atoms with Gasteiger partial charge in [-0.25, -0.2) is 0 Å². The van der Waals surface area contributed by atoms with E-state index >= 15 is 0 Å². The van der Waals surface area contributed by atoms with Gasteiger partial charge in [0.2, 0.25) is 0 Å². The van der Waals surface area contributed by atoms with Gasteiger partial charge >= 0.3 is 0 Å². The average Bonchev–Trinajstić information content (AvgIpc) is 2.21. The summed E-state index contributed by atoms with van der Waals surface area (Å²) in [6.45, 7) is 13.7. The molecule has 0 aromatic heterocycles. The molecular formula is C13H29N3O. The van der Waals surface area contributed by atoms with Crippen LogP contribution < -0.4 is 10.6 Å². The molecule has 0 unspecified atom stereocenters. The first-order valence-electron chi connectivity index (χ1n) is 6.63. The lowest BCUT2D eigenvalue weighted by atomic mass is 10.1. The van der Waals surface area contributed by atoms with Crippen LogP contribution in [0.25, 0.3) is 0 Å². The molecule has 0 rings (SSSR count). The minimum absolute atomic E-state index is 0.0318. The lowest BCUT2D eigenvalue weighted by Crippen LogP contribution is -2.47. The van der Waals surface area contributed by atoms with E-state index in [-0.39, 0.29) is 5.54 Å². The molecule has 102 valence electrons. The molecule has 0 aromatic carbocycles. The summed E-state index contributed by atoms with van der Waals surface area (Å²) in [5.41, 5.74) is 0.0318. The van der Waals surface area contributed by atoms with E-state index in [1.165, 1.54) is 6.42 Å². The first-order valence-corrected chi connectivity index (χ1v) is 6.63. The van der Waals surface area contributed by atoms with Gasteiger partial charge in [-0.15, -0.1) is 0 Å². The summed E-state index contributed by atoms with van der Waals surface area (Å²) >= 11 is 0. The molecule has 2 N–H and O–H groups in total. The Balaban J connectivity index is 3.87. The van der Waals surface area contributed by atoms with Gasteiger partial charge in [0.1, 0.15) is 0 Å². The van der Waals surface area contributed by atoms with E-state index in [1.807, 2.05) is 0 Å². The van der Waals surface area contributed by atoms with E-state index in [0.29, 0.717) is 13.2 Å². The quantitative estimate of drug-likeness (QED) is 0.409. The van der Waals surface area contributed by atoms with Gasteiger partial charge in [0, 0.05) is 18.7 Å². The van der Waals surface area contributed by atoms with E-state index in [4.69, 9.17) is 4.74 Å². The maximum absolute atomic E-state index is 5.47. The summed E-state index contributed by atoms with van der Waals surface area (Å²) in [5.74, 6) is 0.860. The van der Waals surface area contributed by atoms with E-state index in [9.17, 15) is 0 Å². The number of nitrogens with one attached hydrogen (secondary N) is 2. The van der Waals surface area contributed by atoms with Crippen molar-refractivity contribution in [2.75, 3.05) is 26.3 Å². The molecule has 0 spiro atoms. The van der Waals surface area contributed by atoms with Crippen molar-refractivity contribution in [1.82, 2.24) is 10.6 Å². The Kier molecular flexibility index (Phi) is 8.86. The summed E-state index contributed by atoms with van der Waals surface area (Å²) in [4.78, 5) is 4.47. The van der Waals surface area contributed by atoms with E-state index < -0.39 is 0 Å². The molecule has 17 heavy (non-hydrogen) atoms. The molecule has 0 aliphatic rings. The third-order valence-electron chi connectivity index (χ3n) is 1.99. The van der Waals surface area contributed by atoms with E-state index in [2.05, 4.69) is 50.2 Å². The zero-order valence-corrected chi connectivity index (χ0v) is 12.1. The lowest BCUT2D eigenvalue weighted by Gasteiger charge is -2.23. The molecule has 4 nitrogen and oxygen atoms in total. The van der Waals surface area contributed by atoms with Crippen LogP contribution in [0.4, 0.5) is 0 Å². The van der Waals surface area contributed by atoms with Crippen molar-refractivity contribution in [2.45, 2.75) is 53.0 Å². The minimum Gasteiger partial charge on any atom is -0.380 e. The molecule has 4 heteroatoms. The summed E-state index contributed by atoms with van der Waals surface area (Å²) < 4.78 is 5.47. The van der Waals surface area contributed by atoms with Gasteiger partial charge in [0.25, 0.3) is 0 Å². The minimum atomic E-state index is 0.0318. The van der Waals surface area contributed by atoms with Crippen LogP contribution in [-0.2, 0) is 4.74 Å². The predicted molar refractivity (Wildman–Crippen MR) is 74.6 cm³/mol. The van der Waals surface area contributed by atoms with Crippen molar-refractivity contribution < 1.29 is 4.74 Å². The SMILES string of the molecule is CCCCOCCN=C(NCC)NC(C)(C)C. The van der Waals surface area contributed by atoms with Crippen molar-refractivity contribution in [3.05, 3.63) is 0 Å². The fraction of sp³-hybridized carbons (Fsp3) is 0.923. The zero-order valence-electron chi connectivity index (χ0n) is 12.1. The Labute approximate surface area is 106 Å². The molecule has 0 aliphatic carbocycles. The van der Waals surface area contributed by atoms with Crippen LogP contribution in [0.2, 0.25) is 0 Å². The van der Waals surface area contributed by atoms with Crippen LogP contribution in [0.5, 0.6) is 0 Å². The number of unbranched alkanes of at least 4 members (excludes halogenated alkanes) is 1. The molecule has 0 radical (unpaired) electrons. The van der Waals surface area contributed by atoms with Gasteiger partial charge in [-0.3, -0.25) is 4.99 Å². The van der Waals surface area contributed by atoms with Gasteiger partial charge in [-0.2, -0.15) is 0 Å². The Morgan fingerprint density at radius 3 is 2.41 bits per heavy atom. The molecule has 0 aromatic rings. The fourth-order valence-electron chi connectivity index (χ4n) is 1.23. The van der Waals surface area contributed by atoms with Crippen molar-refractivity contribution in [2.24, 2.45) is 4.99 Å². The van der Waals surface area contributed by atoms with Crippen LogP contribution >= 0.6 is 0 Å². The van der Waals surface area contributed by atoms with Crippen LogP contribution in [-0.4, -0.2) is 37.8 Å². The van der Waals surface area contributed by atoms with Gasteiger partial charge < -0.3 is 15.4 Å². The molecule has 0 fully saturated rings. The van der Waals surface area contributed by atoms with Crippen LogP contribution in [0.3, 0.4) is 0 Å². The van der Waals surface area contributed by atoms with Crippen LogP contribution in [0, 0.1) is 0 Å².